The molecule has 18 heteroatoms. The Hall–Kier alpha value is -2.39. The molecular formula is C35H69N3O15. The van der Waals surface area contributed by atoms with Crippen molar-refractivity contribution in [3.05, 3.63) is 0 Å². The van der Waals surface area contributed by atoms with Gasteiger partial charge in [0.25, 0.3) is 0 Å². The smallest absolute Gasteiger partial charge is 0.407 e. The van der Waals surface area contributed by atoms with Crippen molar-refractivity contribution < 1.29 is 71.6 Å². The number of nitrogens with zero attached hydrogens (tertiary/aromatic N) is 1. The molecule has 0 heterocycles. The van der Waals surface area contributed by atoms with Gasteiger partial charge in [0.15, 0.2) is 0 Å². The van der Waals surface area contributed by atoms with E-state index >= 15 is 0 Å². The van der Waals surface area contributed by atoms with Crippen LogP contribution in [0.1, 0.15) is 48.0 Å². The van der Waals surface area contributed by atoms with Gasteiger partial charge in [0.1, 0.15) is 11.2 Å². The van der Waals surface area contributed by atoms with E-state index < -0.39 is 29.4 Å². The third-order valence-corrected chi connectivity index (χ3v) is 6.18. The number of carbonyl (C=O) groups excluding carboxylic acids is 2. The van der Waals surface area contributed by atoms with Crippen LogP contribution in [0.3, 0.4) is 0 Å². The van der Waals surface area contributed by atoms with Crippen molar-refractivity contribution >= 4 is 18.2 Å². The summed E-state index contributed by atoms with van der Waals surface area (Å²) in [6, 6.07) is 0. The molecule has 314 valence electrons. The van der Waals surface area contributed by atoms with Crippen LogP contribution in [0.2, 0.25) is 0 Å². The van der Waals surface area contributed by atoms with Gasteiger partial charge in [-0.1, -0.05) is 0 Å². The van der Waals surface area contributed by atoms with Crippen LogP contribution < -0.4 is 10.6 Å². The molecule has 0 aliphatic rings. The SMILES string of the molecule is CC(C)(C)OC(=O)NCCOCCOCCOCCN(CCOCCOCCOCCNC(=O)OC(C)(C)C)CCOCCOCCOCCC(=O)O. The molecule has 53 heavy (non-hydrogen) atoms. The second-order valence-electron chi connectivity index (χ2n) is 13.4. The number of rotatable bonds is 36. The van der Waals surface area contributed by atoms with Crippen molar-refractivity contribution in [2.75, 3.05) is 152 Å². The summed E-state index contributed by atoms with van der Waals surface area (Å²) in [5.41, 5.74) is -1.08. The highest BCUT2D eigenvalue weighted by Crippen LogP contribution is 2.07. The first-order valence-electron chi connectivity index (χ1n) is 18.4. The molecule has 0 unspecified atom stereocenters. The highest BCUT2D eigenvalue weighted by molar-refractivity contribution is 5.68. The van der Waals surface area contributed by atoms with E-state index in [2.05, 4.69) is 15.5 Å². The lowest BCUT2D eigenvalue weighted by Gasteiger charge is -2.22. The summed E-state index contributed by atoms with van der Waals surface area (Å²) in [7, 11) is 0. The second kappa shape index (κ2) is 34.1. The average molecular weight is 772 g/mol. The van der Waals surface area contributed by atoms with Crippen molar-refractivity contribution in [3.8, 4) is 0 Å². The minimum absolute atomic E-state index is 0.0272. The van der Waals surface area contributed by atoms with Crippen molar-refractivity contribution in [3.63, 3.8) is 0 Å². The van der Waals surface area contributed by atoms with Gasteiger partial charge in [0.2, 0.25) is 0 Å². The molecule has 0 aromatic rings. The molecule has 18 nitrogen and oxygen atoms in total. The molecule has 0 aromatic carbocycles. The van der Waals surface area contributed by atoms with Crippen molar-refractivity contribution in [1.29, 1.82) is 0 Å². The first-order valence-corrected chi connectivity index (χ1v) is 18.4. The zero-order valence-corrected chi connectivity index (χ0v) is 33.1. The zero-order valence-electron chi connectivity index (χ0n) is 33.1. The van der Waals surface area contributed by atoms with Gasteiger partial charge in [-0.05, 0) is 41.5 Å². The van der Waals surface area contributed by atoms with Gasteiger partial charge >= 0.3 is 18.2 Å². The van der Waals surface area contributed by atoms with Crippen LogP contribution in [0, 0.1) is 0 Å². The topological polar surface area (TPSA) is 200 Å². The standard InChI is InChI=1S/C35H69N3O15/c1-34(2,3)52-32(41)36-8-14-44-20-26-50-29-23-47-17-11-38(10-16-46-22-28-49-25-19-43-13-7-31(39)40)12-18-48-24-30-51-27-21-45-15-9-37-33(42)53-35(4,5)6/h7-30H2,1-6H3,(H,36,41)(H,37,42)(H,39,40). The summed E-state index contributed by atoms with van der Waals surface area (Å²) in [5.74, 6) is -0.891. The first-order chi connectivity index (χ1) is 25.3. The molecule has 0 aliphatic heterocycles. The molecule has 0 atom stereocenters. The maximum absolute atomic E-state index is 11.6. The van der Waals surface area contributed by atoms with Crippen LogP contribution in [0.4, 0.5) is 9.59 Å². The Balaban J connectivity index is 4.06. The Morgan fingerprint density at radius 1 is 0.434 bits per heavy atom. The third kappa shape index (κ3) is 42.2. The molecule has 0 spiro atoms. The lowest BCUT2D eigenvalue weighted by molar-refractivity contribution is -0.138. The van der Waals surface area contributed by atoms with Crippen LogP contribution in [0.15, 0.2) is 0 Å². The second-order valence-corrected chi connectivity index (χ2v) is 13.4. The van der Waals surface area contributed by atoms with Crippen molar-refractivity contribution in [1.82, 2.24) is 15.5 Å². The van der Waals surface area contributed by atoms with Crippen LogP contribution in [0.5, 0.6) is 0 Å². The Bertz CT molecular complexity index is 836. The van der Waals surface area contributed by atoms with Gasteiger partial charge in [0.05, 0.1) is 125 Å². The fourth-order valence-corrected chi connectivity index (χ4v) is 3.78. The van der Waals surface area contributed by atoms with Gasteiger partial charge in [-0.3, -0.25) is 9.69 Å². The number of carboxylic acid groups (broad SMARTS) is 1. The number of alkyl carbamates (subject to hydrolysis) is 2. The number of ether oxygens (including phenoxy) is 11. The summed E-state index contributed by atoms with van der Waals surface area (Å²) < 4.78 is 60.2. The molecule has 0 aliphatic carbocycles. The highest BCUT2D eigenvalue weighted by Gasteiger charge is 2.16. The zero-order chi connectivity index (χ0) is 39.5. The molecule has 3 N–H and O–H groups in total. The van der Waals surface area contributed by atoms with Gasteiger partial charge in [0, 0.05) is 32.7 Å². The largest absolute Gasteiger partial charge is 0.481 e. The van der Waals surface area contributed by atoms with E-state index in [0.717, 1.165) is 0 Å². The van der Waals surface area contributed by atoms with Gasteiger partial charge in [-0.2, -0.15) is 0 Å². The number of nitrogens with one attached hydrogen (secondary N) is 2. The monoisotopic (exact) mass is 771 g/mol. The maximum Gasteiger partial charge on any atom is 0.407 e. The minimum Gasteiger partial charge on any atom is -0.481 e. The van der Waals surface area contributed by atoms with Crippen molar-refractivity contribution in [2.24, 2.45) is 0 Å². The predicted molar refractivity (Wildman–Crippen MR) is 195 cm³/mol. The van der Waals surface area contributed by atoms with Crippen LogP contribution in [-0.4, -0.2) is 191 Å². The number of hydrogen-bond donors (Lipinski definition) is 3. The third-order valence-electron chi connectivity index (χ3n) is 6.18. The number of aliphatic carboxylic acids is 1. The molecule has 2 amide bonds. The fraction of sp³-hybridized carbons (Fsp3) is 0.914. The number of amides is 2. The van der Waals surface area contributed by atoms with E-state index in [4.69, 9.17) is 57.2 Å². The van der Waals surface area contributed by atoms with E-state index in [1.165, 1.54) is 0 Å². The van der Waals surface area contributed by atoms with E-state index in [1.807, 2.05) is 0 Å². The Morgan fingerprint density at radius 2 is 0.698 bits per heavy atom. The van der Waals surface area contributed by atoms with E-state index in [1.54, 1.807) is 41.5 Å². The van der Waals surface area contributed by atoms with E-state index in [0.29, 0.717) is 145 Å². The normalized spacial score (nSPS) is 11.9. The maximum atomic E-state index is 11.6. The van der Waals surface area contributed by atoms with Gasteiger partial charge < -0.3 is 67.8 Å². The van der Waals surface area contributed by atoms with Crippen LogP contribution in [-0.2, 0) is 56.9 Å². The Kier molecular flexibility index (Phi) is 32.6. The fourth-order valence-electron chi connectivity index (χ4n) is 3.78. The quantitative estimate of drug-likeness (QED) is 0.0781. The number of hydrogen-bond acceptors (Lipinski definition) is 15. The number of carbonyl (C=O) groups is 3. The van der Waals surface area contributed by atoms with Gasteiger partial charge in [-0.25, -0.2) is 9.59 Å². The lowest BCUT2D eigenvalue weighted by atomic mass is 10.2. The predicted octanol–water partition coefficient (Wildman–Crippen LogP) is 1.96. The van der Waals surface area contributed by atoms with E-state index in [9.17, 15) is 14.4 Å². The van der Waals surface area contributed by atoms with E-state index in [-0.39, 0.29) is 13.0 Å². The molecule has 0 saturated heterocycles. The highest BCUT2D eigenvalue weighted by atomic mass is 16.6. The van der Waals surface area contributed by atoms with Gasteiger partial charge in [-0.15, -0.1) is 0 Å². The summed E-state index contributed by atoms with van der Waals surface area (Å²) in [5, 5.41) is 13.9. The minimum atomic E-state index is -0.891. The summed E-state index contributed by atoms with van der Waals surface area (Å²) in [6.45, 7) is 21.0. The van der Waals surface area contributed by atoms with Crippen LogP contribution in [0.25, 0.3) is 0 Å². The summed E-state index contributed by atoms with van der Waals surface area (Å²) >= 11 is 0. The Morgan fingerprint density at radius 3 is 0.981 bits per heavy atom. The molecule has 0 radical (unpaired) electrons. The average Bonchev–Trinajstić information content (AvgIpc) is 3.05. The molecule has 0 saturated carbocycles. The molecule has 0 rings (SSSR count). The number of carboxylic acids is 1. The lowest BCUT2D eigenvalue weighted by Crippen LogP contribution is -2.34. The van der Waals surface area contributed by atoms with Crippen LogP contribution >= 0.6 is 0 Å². The first kappa shape index (κ1) is 50.6. The summed E-state index contributed by atoms with van der Waals surface area (Å²) in [4.78, 5) is 35.9. The summed E-state index contributed by atoms with van der Waals surface area (Å²) in [6.07, 6.45) is -0.970. The van der Waals surface area contributed by atoms with Crippen molar-refractivity contribution in [2.45, 2.75) is 59.2 Å². The molecule has 0 aromatic heterocycles. The molecule has 0 bridgehead atoms. The molecule has 0 fully saturated rings. The molecular weight excluding hydrogens is 702 g/mol. The Labute approximate surface area is 316 Å².